The standard InChI is InChI=1S/C20H21N5O2/c1-3-13-5-7-17-15-11-14(6-8-18(15)24-23-17)16-12-22-25(2)20(16)27-10-4-9-26-19(13)21/h3,5-8,11-12,21H,4,9-10H2,1-2H3,(H,23,24)/b7-5+,13-3?,21-19?. The first-order chi connectivity index (χ1) is 13.2. The fourth-order valence-electron chi connectivity index (χ4n) is 3.08. The molecule has 0 unspecified atom stereocenters. The van der Waals surface area contributed by atoms with Crippen molar-refractivity contribution in [3.8, 4) is 17.0 Å². The molecule has 0 saturated heterocycles. The van der Waals surface area contributed by atoms with E-state index in [1.807, 2.05) is 50.5 Å². The Morgan fingerprint density at radius 2 is 2.07 bits per heavy atom. The number of hydrogen-bond acceptors (Lipinski definition) is 5. The van der Waals surface area contributed by atoms with Crippen molar-refractivity contribution in [2.45, 2.75) is 13.3 Å². The molecule has 4 rings (SSSR count). The summed E-state index contributed by atoms with van der Waals surface area (Å²) in [5.74, 6) is 0.864. The number of allylic oxidation sites excluding steroid dienone is 1. The average Bonchev–Trinajstić information content (AvgIpc) is 3.24. The summed E-state index contributed by atoms with van der Waals surface area (Å²) in [6.45, 7) is 2.79. The van der Waals surface area contributed by atoms with E-state index in [0.717, 1.165) is 33.3 Å². The second kappa shape index (κ2) is 7.11. The van der Waals surface area contributed by atoms with Gasteiger partial charge in [0.1, 0.15) is 0 Å². The normalized spacial score (nSPS) is 17.9. The van der Waals surface area contributed by atoms with Crippen LogP contribution >= 0.6 is 0 Å². The van der Waals surface area contributed by atoms with Crippen molar-refractivity contribution in [1.29, 1.82) is 5.41 Å². The van der Waals surface area contributed by atoms with Gasteiger partial charge in [0.25, 0.3) is 0 Å². The molecule has 7 heteroatoms. The molecule has 0 amide bonds. The number of rotatable bonds is 0. The smallest absolute Gasteiger partial charge is 0.219 e. The average molecular weight is 363 g/mol. The van der Waals surface area contributed by atoms with Gasteiger partial charge in [-0.2, -0.15) is 10.2 Å². The first-order valence-electron chi connectivity index (χ1n) is 8.87. The van der Waals surface area contributed by atoms with Gasteiger partial charge in [-0.1, -0.05) is 12.1 Å². The molecule has 0 aliphatic carbocycles. The first-order valence-corrected chi connectivity index (χ1v) is 8.87. The van der Waals surface area contributed by atoms with Crippen molar-refractivity contribution < 1.29 is 9.47 Å². The van der Waals surface area contributed by atoms with E-state index < -0.39 is 0 Å². The Morgan fingerprint density at radius 3 is 2.93 bits per heavy atom. The van der Waals surface area contributed by atoms with Crippen molar-refractivity contribution in [2.75, 3.05) is 13.2 Å². The Hall–Kier alpha value is -3.35. The fourth-order valence-corrected chi connectivity index (χ4v) is 3.08. The van der Waals surface area contributed by atoms with E-state index in [-0.39, 0.29) is 5.90 Å². The molecule has 0 saturated carbocycles. The molecule has 1 aliphatic rings. The van der Waals surface area contributed by atoms with E-state index in [0.29, 0.717) is 25.5 Å². The van der Waals surface area contributed by atoms with Crippen LogP contribution in [0.5, 0.6) is 5.88 Å². The van der Waals surface area contributed by atoms with Gasteiger partial charge in [-0.25, -0.2) is 4.68 Å². The molecular weight excluding hydrogens is 342 g/mol. The predicted molar refractivity (Wildman–Crippen MR) is 105 cm³/mol. The number of aryl methyl sites for hydroxylation is 1. The molecule has 7 nitrogen and oxygen atoms in total. The lowest BCUT2D eigenvalue weighted by Gasteiger charge is -2.10. The summed E-state index contributed by atoms with van der Waals surface area (Å²) in [6.07, 6.45) is 8.14. The Morgan fingerprint density at radius 1 is 1.22 bits per heavy atom. The third-order valence-electron chi connectivity index (χ3n) is 4.56. The van der Waals surface area contributed by atoms with Crippen LogP contribution in [-0.2, 0) is 11.8 Å². The van der Waals surface area contributed by atoms with Crippen LogP contribution < -0.4 is 4.74 Å². The van der Waals surface area contributed by atoms with Crippen LogP contribution in [0.3, 0.4) is 0 Å². The molecule has 0 fully saturated rings. The number of aromatic amines is 1. The topological polar surface area (TPSA) is 88.8 Å². The van der Waals surface area contributed by atoms with Crippen molar-refractivity contribution in [1.82, 2.24) is 20.0 Å². The number of aromatic nitrogens is 4. The largest absolute Gasteiger partial charge is 0.478 e. The maximum Gasteiger partial charge on any atom is 0.219 e. The lowest BCUT2D eigenvalue weighted by molar-refractivity contribution is 0.229. The first kappa shape index (κ1) is 17.1. The number of nitrogens with one attached hydrogen (secondary N) is 2. The quantitative estimate of drug-likeness (QED) is 0.637. The Balaban J connectivity index is 1.84. The maximum atomic E-state index is 8.13. The van der Waals surface area contributed by atoms with Crippen molar-refractivity contribution >= 4 is 22.9 Å². The molecule has 27 heavy (non-hydrogen) atoms. The molecule has 3 aromatic rings. The van der Waals surface area contributed by atoms with Crippen molar-refractivity contribution in [3.63, 3.8) is 0 Å². The molecule has 0 spiro atoms. The van der Waals surface area contributed by atoms with Crippen LogP contribution in [0.4, 0.5) is 0 Å². The molecular formula is C20H21N5O2. The molecule has 2 N–H and O–H groups in total. The Bertz CT molecular complexity index is 1060. The van der Waals surface area contributed by atoms with Gasteiger partial charge in [0.15, 0.2) is 0 Å². The highest BCUT2D eigenvalue weighted by Crippen LogP contribution is 2.32. The zero-order valence-corrected chi connectivity index (χ0v) is 15.3. The monoisotopic (exact) mass is 363 g/mol. The summed E-state index contributed by atoms with van der Waals surface area (Å²) in [7, 11) is 1.86. The lowest BCUT2D eigenvalue weighted by atomic mass is 10.1. The highest BCUT2D eigenvalue weighted by atomic mass is 16.5. The van der Waals surface area contributed by atoms with Crippen LogP contribution in [0.2, 0.25) is 0 Å². The Labute approximate surface area is 156 Å². The number of fused-ring (bicyclic) bond motifs is 3. The van der Waals surface area contributed by atoms with Crippen LogP contribution in [0, 0.1) is 5.41 Å². The summed E-state index contributed by atoms with van der Waals surface area (Å²) in [4.78, 5) is 0. The molecule has 2 aromatic heterocycles. The summed E-state index contributed by atoms with van der Waals surface area (Å²) < 4.78 is 13.3. The van der Waals surface area contributed by atoms with Gasteiger partial charge in [-0.15, -0.1) is 0 Å². The van der Waals surface area contributed by atoms with E-state index in [2.05, 4.69) is 21.4 Å². The second-order valence-electron chi connectivity index (χ2n) is 6.31. The summed E-state index contributed by atoms with van der Waals surface area (Å²) in [6, 6.07) is 6.09. The molecule has 0 radical (unpaired) electrons. The summed E-state index contributed by atoms with van der Waals surface area (Å²) >= 11 is 0. The summed E-state index contributed by atoms with van der Waals surface area (Å²) in [5, 5.41) is 20.9. The van der Waals surface area contributed by atoms with Gasteiger partial charge in [-0.05, 0) is 36.8 Å². The van der Waals surface area contributed by atoms with Crippen LogP contribution in [0.1, 0.15) is 19.0 Å². The van der Waals surface area contributed by atoms with Crippen LogP contribution in [0.15, 0.2) is 42.1 Å². The SMILES string of the molecule is CC=C1/C=C/c2[nH]nc3ccc(cc23)-c2cnn(C)c2OCCCOC1=N. The minimum absolute atomic E-state index is 0.148. The van der Waals surface area contributed by atoms with E-state index >= 15 is 0 Å². The summed E-state index contributed by atoms with van der Waals surface area (Å²) in [5.41, 5.74) is 4.43. The second-order valence-corrected chi connectivity index (χ2v) is 6.31. The van der Waals surface area contributed by atoms with E-state index in [1.165, 1.54) is 0 Å². The third-order valence-corrected chi connectivity index (χ3v) is 4.56. The Kier molecular flexibility index (Phi) is 4.50. The minimum atomic E-state index is 0.148. The molecule has 0 atom stereocenters. The van der Waals surface area contributed by atoms with Gasteiger partial charge in [0, 0.05) is 24.4 Å². The van der Waals surface area contributed by atoms with Gasteiger partial charge < -0.3 is 9.47 Å². The molecule has 1 aliphatic heterocycles. The van der Waals surface area contributed by atoms with Gasteiger partial charge >= 0.3 is 0 Å². The third kappa shape index (κ3) is 3.23. The van der Waals surface area contributed by atoms with Crippen LogP contribution in [0.25, 0.3) is 28.1 Å². The van der Waals surface area contributed by atoms with Crippen molar-refractivity contribution in [3.05, 3.63) is 47.8 Å². The fraction of sp³-hybridized carbons (Fsp3) is 0.250. The van der Waals surface area contributed by atoms with Gasteiger partial charge in [0.2, 0.25) is 11.8 Å². The van der Waals surface area contributed by atoms with E-state index in [1.54, 1.807) is 4.68 Å². The van der Waals surface area contributed by atoms with Gasteiger partial charge in [-0.3, -0.25) is 10.5 Å². The number of H-pyrrole nitrogens is 1. The number of nitrogens with zero attached hydrogens (tertiary/aromatic N) is 3. The number of hydrogen-bond donors (Lipinski definition) is 2. The lowest BCUT2D eigenvalue weighted by Crippen LogP contribution is -2.10. The predicted octanol–water partition coefficient (Wildman–Crippen LogP) is 3.70. The number of ether oxygens (including phenoxy) is 2. The molecule has 2 bridgehead atoms. The van der Waals surface area contributed by atoms with E-state index in [4.69, 9.17) is 14.9 Å². The zero-order chi connectivity index (χ0) is 18.8. The molecule has 138 valence electrons. The van der Waals surface area contributed by atoms with Crippen LogP contribution in [-0.4, -0.2) is 39.1 Å². The zero-order valence-electron chi connectivity index (χ0n) is 15.3. The van der Waals surface area contributed by atoms with Crippen molar-refractivity contribution in [2.24, 2.45) is 7.05 Å². The van der Waals surface area contributed by atoms with Gasteiger partial charge in [0.05, 0.1) is 36.2 Å². The minimum Gasteiger partial charge on any atom is -0.478 e. The highest BCUT2D eigenvalue weighted by Gasteiger charge is 2.15. The highest BCUT2D eigenvalue weighted by molar-refractivity contribution is 5.96. The number of benzene rings is 1. The molecule has 3 heterocycles. The molecule has 1 aromatic carbocycles. The van der Waals surface area contributed by atoms with E-state index in [9.17, 15) is 0 Å². The maximum absolute atomic E-state index is 8.13.